The first-order chi connectivity index (χ1) is 7.13. The maximum Gasteiger partial charge on any atom is 0.224 e. The molecule has 0 radical (unpaired) electrons. The van der Waals surface area contributed by atoms with E-state index in [1.54, 1.807) is 0 Å². The number of amides is 1. The van der Waals surface area contributed by atoms with Crippen LogP contribution in [0, 0.1) is 0 Å². The van der Waals surface area contributed by atoms with Crippen LogP contribution in [0.1, 0.15) is 12.5 Å². The summed E-state index contributed by atoms with van der Waals surface area (Å²) in [7, 11) is 0. The van der Waals surface area contributed by atoms with Crippen molar-refractivity contribution in [3.05, 3.63) is 34.3 Å². The average molecular weight is 271 g/mol. The number of rotatable bonds is 4. The lowest BCUT2D eigenvalue weighted by molar-refractivity contribution is -0.121. The van der Waals surface area contributed by atoms with Crippen molar-refractivity contribution in [2.75, 3.05) is 6.54 Å². The third-order valence-electron chi connectivity index (χ3n) is 2.07. The molecule has 3 nitrogen and oxygen atoms in total. The molecular formula is C11H15BrN2O. The number of nitrogens with one attached hydrogen (secondary N) is 1. The molecule has 0 aliphatic rings. The number of benzene rings is 1. The van der Waals surface area contributed by atoms with Gasteiger partial charge in [-0.05, 0) is 18.6 Å². The van der Waals surface area contributed by atoms with E-state index in [1.807, 2.05) is 31.2 Å². The van der Waals surface area contributed by atoms with E-state index in [0.29, 0.717) is 13.0 Å². The Kier molecular flexibility index (Phi) is 4.78. The van der Waals surface area contributed by atoms with Gasteiger partial charge in [0.2, 0.25) is 5.91 Å². The minimum atomic E-state index is -0.000139. The van der Waals surface area contributed by atoms with Crippen molar-refractivity contribution in [1.29, 1.82) is 0 Å². The minimum absolute atomic E-state index is 0.000139. The van der Waals surface area contributed by atoms with E-state index in [-0.39, 0.29) is 11.9 Å². The third-order valence-corrected chi connectivity index (χ3v) is 2.84. The molecule has 4 heteroatoms. The van der Waals surface area contributed by atoms with Gasteiger partial charge in [0, 0.05) is 17.1 Å². The number of hydrogen-bond acceptors (Lipinski definition) is 2. The maximum atomic E-state index is 11.5. The predicted molar refractivity (Wildman–Crippen MR) is 64.5 cm³/mol. The van der Waals surface area contributed by atoms with Crippen LogP contribution < -0.4 is 11.1 Å². The Bertz CT molecular complexity index is 341. The molecule has 0 aliphatic heterocycles. The molecule has 1 aromatic rings. The van der Waals surface area contributed by atoms with Crippen molar-refractivity contribution in [2.24, 2.45) is 5.73 Å². The fraction of sp³-hybridized carbons (Fsp3) is 0.364. The molecule has 1 aromatic carbocycles. The predicted octanol–water partition coefficient (Wildman–Crippen LogP) is 1.46. The smallest absolute Gasteiger partial charge is 0.224 e. The molecule has 3 N–H and O–H groups in total. The third kappa shape index (κ3) is 4.01. The summed E-state index contributed by atoms with van der Waals surface area (Å²) in [6.45, 7) is 2.35. The fourth-order valence-electron chi connectivity index (χ4n) is 1.20. The summed E-state index contributed by atoms with van der Waals surface area (Å²) in [5.74, 6) is -0.000139. The van der Waals surface area contributed by atoms with Gasteiger partial charge in [-0.1, -0.05) is 34.1 Å². The summed E-state index contributed by atoms with van der Waals surface area (Å²) in [5.41, 5.74) is 6.41. The molecule has 0 unspecified atom stereocenters. The lowest BCUT2D eigenvalue weighted by atomic mass is 10.1. The van der Waals surface area contributed by atoms with E-state index < -0.39 is 0 Å². The Morgan fingerprint density at radius 2 is 2.20 bits per heavy atom. The van der Waals surface area contributed by atoms with E-state index in [4.69, 9.17) is 5.73 Å². The highest BCUT2D eigenvalue weighted by Gasteiger charge is 2.08. The first-order valence-corrected chi connectivity index (χ1v) is 5.65. The second-order valence-corrected chi connectivity index (χ2v) is 4.33. The molecule has 1 amide bonds. The topological polar surface area (TPSA) is 55.1 Å². The van der Waals surface area contributed by atoms with Crippen LogP contribution >= 0.6 is 15.9 Å². The van der Waals surface area contributed by atoms with Crippen molar-refractivity contribution in [2.45, 2.75) is 19.4 Å². The van der Waals surface area contributed by atoms with Crippen molar-refractivity contribution in [3.63, 3.8) is 0 Å². The summed E-state index contributed by atoms with van der Waals surface area (Å²) in [4.78, 5) is 11.5. The lowest BCUT2D eigenvalue weighted by Crippen LogP contribution is -2.38. The van der Waals surface area contributed by atoms with Gasteiger partial charge in [0.25, 0.3) is 0 Å². The second-order valence-electron chi connectivity index (χ2n) is 3.47. The Hall–Kier alpha value is -0.870. The van der Waals surface area contributed by atoms with Crippen LogP contribution in [-0.2, 0) is 11.2 Å². The van der Waals surface area contributed by atoms with Gasteiger partial charge in [-0.25, -0.2) is 0 Å². The van der Waals surface area contributed by atoms with Gasteiger partial charge in [-0.2, -0.15) is 0 Å². The van der Waals surface area contributed by atoms with Crippen molar-refractivity contribution in [1.82, 2.24) is 5.32 Å². The van der Waals surface area contributed by atoms with Crippen molar-refractivity contribution >= 4 is 21.8 Å². The van der Waals surface area contributed by atoms with Gasteiger partial charge in [-0.15, -0.1) is 0 Å². The number of carbonyl (C=O) groups excluding carboxylic acids is 1. The lowest BCUT2D eigenvalue weighted by Gasteiger charge is -2.11. The molecule has 15 heavy (non-hydrogen) atoms. The average Bonchev–Trinajstić information content (AvgIpc) is 2.21. The Labute approximate surface area is 98.2 Å². The van der Waals surface area contributed by atoms with Crippen LogP contribution in [-0.4, -0.2) is 18.5 Å². The SMILES string of the molecule is C[C@H](CN)NC(=O)Cc1ccccc1Br. The Morgan fingerprint density at radius 3 is 2.80 bits per heavy atom. The molecule has 0 fully saturated rings. The van der Waals surface area contributed by atoms with Gasteiger partial charge >= 0.3 is 0 Å². The first kappa shape index (κ1) is 12.2. The zero-order valence-corrected chi connectivity index (χ0v) is 10.3. The summed E-state index contributed by atoms with van der Waals surface area (Å²) in [5, 5.41) is 2.82. The molecule has 0 saturated heterocycles. The van der Waals surface area contributed by atoms with Crippen molar-refractivity contribution < 1.29 is 4.79 Å². The summed E-state index contributed by atoms with van der Waals surface area (Å²) >= 11 is 3.40. The summed E-state index contributed by atoms with van der Waals surface area (Å²) in [6, 6.07) is 7.72. The molecule has 0 saturated carbocycles. The molecule has 0 bridgehead atoms. The highest BCUT2D eigenvalue weighted by Crippen LogP contribution is 2.16. The highest BCUT2D eigenvalue weighted by atomic mass is 79.9. The maximum absolute atomic E-state index is 11.5. The number of nitrogens with two attached hydrogens (primary N) is 1. The van der Waals surface area contributed by atoms with E-state index in [9.17, 15) is 4.79 Å². The van der Waals surface area contributed by atoms with Gasteiger partial charge in [0.05, 0.1) is 6.42 Å². The van der Waals surface area contributed by atoms with Gasteiger partial charge < -0.3 is 11.1 Å². The van der Waals surface area contributed by atoms with E-state index in [0.717, 1.165) is 10.0 Å². The van der Waals surface area contributed by atoms with Gasteiger partial charge in [0.15, 0.2) is 0 Å². The van der Waals surface area contributed by atoms with Gasteiger partial charge in [-0.3, -0.25) is 4.79 Å². The van der Waals surface area contributed by atoms with Gasteiger partial charge in [0.1, 0.15) is 0 Å². The van der Waals surface area contributed by atoms with Crippen LogP contribution in [0.25, 0.3) is 0 Å². The van der Waals surface area contributed by atoms with E-state index >= 15 is 0 Å². The molecule has 0 spiro atoms. The molecule has 0 aliphatic carbocycles. The highest BCUT2D eigenvalue weighted by molar-refractivity contribution is 9.10. The normalized spacial score (nSPS) is 12.2. The van der Waals surface area contributed by atoms with Crippen LogP contribution in [0.2, 0.25) is 0 Å². The number of halogens is 1. The number of hydrogen-bond donors (Lipinski definition) is 2. The molecule has 0 aromatic heterocycles. The molecule has 82 valence electrons. The fourth-order valence-corrected chi connectivity index (χ4v) is 1.62. The number of carbonyl (C=O) groups is 1. The van der Waals surface area contributed by atoms with Crippen LogP contribution in [0.3, 0.4) is 0 Å². The largest absolute Gasteiger partial charge is 0.352 e. The molecular weight excluding hydrogens is 256 g/mol. The standard InChI is InChI=1S/C11H15BrN2O/c1-8(7-13)14-11(15)6-9-4-2-3-5-10(9)12/h2-5,8H,6-7,13H2,1H3,(H,14,15)/t8-/m1/s1. The minimum Gasteiger partial charge on any atom is -0.352 e. The van der Waals surface area contributed by atoms with Crippen LogP contribution in [0.15, 0.2) is 28.7 Å². The zero-order valence-electron chi connectivity index (χ0n) is 8.66. The molecule has 0 heterocycles. The van der Waals surface area contributed by atoms with Crippen LogP contribution in [0.5, 0.6) is 0 Å². The summed E-state index contributed by atoms with van der Waals surface area (Å²) < 4.78 is 0.959. The van der Waals surface area contributed by atoms with Crippen molar-refractivity contribution in [3.8, 4) is 0 Å². The Morgan fingerprint density at radius 1 is 1.53 bits per heavy atom. The Balaban J connectivity index is 2.55. The monoisotopic (exact) mass is 270 g/mol. The molecule has 1 rings (SSSR count). The quantitative estimate of drug-likeness (QED) is 0.871. The zero-order chi connectivity index (χ0) is 11.3. The van der Waals surface area contributed by atoms with Crippen LogP contribution in [0.4, 0.5) is 0 Å². The second kappa shape index (κ2) is 5.88. The first-order valence-electron chi connectivity index (χ1n) is 4.86. The summed E-state index contributed by atoms with van der Waals surface area (Å²) in [6.07, 6.45) is 0.381. The van der Waals surface area contributed by atoms with E-state index in [2.05, 4.69) is 21.2 Å². The molecule has 1 atom stereocenters. The van der Waals surface area contributed by atoms with E-state index in [1.165, 1.54) is 0 Å².